The Hall–Kier alpha value is -0.580. The highest BCUT2D eigenvalue weighted by atomic mass is 35.5. The third-order valence-corrected chi connectivity index (χ3v) is 4.49. The summed E-state index contributed by atoms with van der Waals surface area (Å²) in [7, 11) is 0. The van der Waals surface area contributed by atoms with Crippen molar-refractivity contribution in [3.63, 3.8) is 0 Å². The maximum atomic E-state index is 11.4. The number of hydrogen-bond acceptors (Lipinski definition) is 4. The van der Waals surface area contributed by atoms with Crippen LogP contribution in [0.2, 0.25) is 0 Å². The van der Waals surface area contributed by atoms with Crippen molar-refractivity contribution in [3.05, 3.63) is 12.2 Å². The molecule has 1 fully saturated rings. The second kappa shape index (κ2) is 11.0. The Morgan fingerprint density at radius 3 is 2.86 bits per heavy atom. The van der Waals surface area contributed by atoms with Gasteiger partial charge in [0, 0.05) is 12.3 Å². The van der Waals surface area contributed by atoms with Crippen LogP contribution in [0.15, 0.2) is 12.2 Å². The lowest BCUT2D eigenvalue weighted by atomic mass is 9.83. The minimum Gasteiger partial charge on any atom is -0.466 e. The Morgan fingerprint density at radius 1 is 1.45 bits per heavy atom. The van der Waals surface area contributed by atoms with Gasteiger partial charge in [-0.25, -0.2) is 4.29 Å². The number of hydrogen-bond donors (Lipinski definition) is 0. The first-order valence-electron chi connectivity index (χ1n) is 8.31. The van der Waals surface area contributed by atoms with Crippen LogP contribution in [0.1, 0.15) is 59.3 Å². The zero-order valence-electron chi connectivity index (χ0n) is 13.9. The van der Waals surface area contributed by atoms with Crippen LogP contribution in [0.5, 0.6) is 0 Å². The Balaban J connectivity index is 2.40. The van der Waals surface area contributed by atoms with E-state index in [0.717, 1.165) is 25.7 Å². The fraction of sp³-hybridized carbons (Fsp3) is 0.824. The van der Waals surface area contributed by atoms with Crippen molar-refractivity contribution in [2.24, 2.45) is 11.8 Å². The number of esters is 1. The molecule has 5 heteroatoms. The molecule has 22 heavy (non-hydrogen) atoms. The van der Waals surface area contributed by atoms with Gasteiger partial charge in [0.25, 0.3) is 0 Å². The molecule has 0 radical (unpaired) electrons. The highest BCUT2D eigenvalue weighted by Crippen LogP contribution is 2.35. The lowest BCUT2D eigenvalue weighted by Crippen LogP contribution is -2.38. The third kappa shape index (κ3) is 6.67. The van der Waals surface area contributed by atoms with Crippen molar-refractivity contribution < 1.29 is 18.6 Å². The summed E-state index contributed by atoms with van der Waals surface area (Å²) in [4.78, 5) is 11.4. The number of carbonyl (C=O) groups is 1. The van der Waals surface area contributed by atoms with E-state index in [-0.39, 0.29) is 18.4 Å². The summed E-state index contributed by atoms with van der Waals surface area (Å²) >= 11 is 5.63. The van der Waals surface area contributed by atoms with Gasteiger partial charge in [0.15, 0.2) is 6.29 Å². The van der Waals surface area contributed by atoms with E-state index in [1.165, 1.54) is 0 Å². The fourth-order valence-corrected chi connectivity index (χ4v) is 3.15. The first-order valence-corrected chi connectivity index (χ1v) is 8.62. The van der Waals surface area contributed by atoms with Crippen LogP contribution >= 0.6 is 11.9 Å². The zero-order chi connectivity index (χ0) is 16.4. The number of rotatable bonds is 9. The van der Waals surface area contributed by atoms with Crippen LogP contribution in [-0.4, -0.2) is 25.0 Å². The molecule has 0 amide bonds. The van der Waals surface area contributed by atoms with Crippen LogP contribution in [0.25, 0.3) is 0 Å². The third-order valence-electron chi connectivity index (χ3n) is 4.32. The van der Waals surface area contributed by atoms with E-state index >= 15 is 0 Å². The lowest BCUT2D eigenvalue weighted by molar-refractivity contribution is -0.190. The summed E-state index contributed by atoms with van der Waals surface area (Å²) in [6, 6.07) is 0. The average Bonchev–Trinajstić information content (AvgIpc) is 2.53. The van der Waals surface area contributed by atoms with E-state index in [0.29, 0.717) is 31.3 Å². The lowest BCUT2D eigenvalue weighted by Gasteiger charge is -2.37. The van der Waals surface area contributed by atoms with Crippen molar-refractivity contribution in [2.45, 2.75) is 71.7 Å². The molecule has 1 saturated heterocycles. The van der Waals surface area contributed by atoms with Gasteiger partial charge in [-0.2, -0.15) is 0 Å². The molecule has 4 atom stereocenters. The molecule has 1 aliphatic heterocycles. The quantitative estimate of drug-likeness (QED) is 0.456. The summed E-state index contributed by atoms with van der Waals surface area (Å²) in [6.45, 7) is 6.49. The van der Waals surface area contributed by atoms with Crippen molar-refractivity contribution in [3.8, 4) is 0 Å². The van der Waals surface area contributed by atoms with Crippen LogP contribution in [0.3, 0.4) is 0 Å². The summed E-state index contributed by atoms with van der Waals surface area (Å²) in [6.07, 6.45) is 9.05. The summed E-state index contributed by atoms with van der Waals surface area (Å²) in [5, 5.41) is 0. The van der Waals surface area contributed by atoms with Crippen LogP contribution in [0, 0.1) is 11.8 Å². The second-order valence-electron chi connectivity index (χ2n) is 5.92. The highest BCUT2D eigenvalue weighted by Gasteiger charge is 2.35. The van der Waals surface area contributed by atoms with E-state index in [1.807, 2.05) is 13.8 Å². The largest absolute Gasteiger partial charge is 0.466 e. The molecule has 4 nitrogen and oxygen atoms in total. The highest BCUT2D eigenvalue weighted by molar-refractivity contribution is 6.07. The molecule has 0 bridgehead atoms. The molecule has 1 aliphatic rings. The second-order valence-corrected chi connectivity index (χ2v) is 6.10. The van der Waals surface area contributed by atoms with E-state index in [4.69, 9.17) is 25.6 Å². The fourth-order valence-electron chi connectivity index (χ4n) is 2.98. The van der Waals surface area contributed by atoms with Gasteiger partial charge in [0.2, 0.25) is 0 Å². The molecular weight excluding hydrogens is 304 g/mol. The van der Waals surface area contributed by atoms with Gasteiger partial charge in [-0.05, 0) is 51.9 Å². The molecule has 0 N–H and O–H groups in total. The molecule has 1 heterocycles. The van der Waals surface area contributed by atoms with Crippen LogP contribution in [-0.2, 0) is 18.6 Å². The first kappa shape index (κ1) is 19.5. The van der Waals surface area contributed by atoms with Gasteiger partial charge >= 0.3 is 5.97 Å². The molecular formula is C17H29ClO4. The average molecular weight is 333 g/mol. The summed E-state index contributed by atoms with van der Waals surface area (Å²) < 4.78 is 15.9. The molecule has 0 aromatic rings. The normalized spacial score (nSPS) is 27.0. The van der Waals surface area contributed by atoms with Crippen molar-refractivity contribution in [2.75, 3.05) is 6.61 Å². The molecule has 4 unspecified atom stereocenters. The predicted molar refractivity (Wildman–Crippen MR) is 87.4 cm³/mol. The maximum Gasteiger partial charge on any atom is 0.305 e. The van der Waals surface area contributed by atoms with Gasteiger partial charge in [-0.1, -0.05) is 19.1 Å². The van der Waals surface area contributed by atoms with Crippen LogP contribution in [0.4, 0.5) is 0 Å². The molecule has 0 aromatic heterocycles. The van der Waals surface area contributed by atoms with E-state index < -0.39 is 0 Å². The van der Waals surface area contributed by atoms with Gasteiger partial charge in [0.1, 0.15) is 0 Å². The maximum absolute atomic E-state index is 11.4. The predicted octanol–water partition coefficient (Wildman–Crippen LogP) is 4.61. The number of halogens is 1. The van der Waals surface area contributed by atoms with Gasteiger partial charge in [-0.3, -0.25) is 4.79 Å². The number of carbonyl (C=O) groups excluding carboxylic acids is 1. The molecule has 0 aliphatic carbocycles. The van der Waals surface area contributed by atoms with Crippen molar-refractivity contribution >= 4 is 17.8 Å². The topological polar surface area (TPSA) is 44.8 Å². The van der Waals surface area contributed by atoms with Crippen molar-refractivity contribution in [1.29, 1.82) is 0 Å². The minimum atomic E-state index is -0.386. The van der Waals surface area contributed by atoms with Gasteiger partial charge < -0.3 is 9.47 Å². The van der Waals surface area contributed by atoms with Gasteiger partial charge in [0.05, 0.1) is 24.6 Å². The van der Waals surface area contributed by atoms with E-state index in [2.05, 4.69) is 19.1 Å². The summed E-state index contributed by atoms with van der Waals surface area (Å²) in [5.74, 6) is 0.629. The standard InChI is InChI=1S/C17H29ClO4/c1-4-6-7-8-13(3)15-11-9-14(21-17(15)22-18)10-12-16(19)20-5-2/h4,6,13-15,17H,5,7-12H2,1-3H3. The first-order chi connectivity index (χ1) is 10.6. The molecule has 128 valence electrons. The van der Waals surface area contributed by atoms with Gasteiger partial charge in [-0.15, -0.1) is 0 Å². The smallest absolute Gasteiger partial charge is 0.305 e. The SMILES string of the molecule is CC=CCCC(C)C1CCC(CCC(=O)OCC)OC1OCl. The molecule has 1 rings (SSSR count). The number of ether oxygens (including phenoxy) is 2. The minimum absolute atomic E-state index is 0.0205. The zero-order valence-corrected chi connectivity index (χ0v) is 14.7. The Labute approximate surface area is 139 Å². The monoisotopic (exact) mass is 332 g/mol. The van der Waals surface area contributed by atoms with E-state index in [1.54, 1.807) is 0 Å². The van der Waals surface area contributed by atoms with Crippen molar-refractivity contribution in [1.82, 2.24) is 0 Å². The van der Waals surface area contributed by atoms with E-state index in [9.17, 15) is 4.79 Å². The molecule has 0 spiro atoms. The Bertz CT molecular complexity index is 346. The molecule has 0 saturated carbocycles. The molecule has 0 aromatic carbocycles. The Kier molecular flexibility index (Phi) is 9.76. The number of allylic oxidation sites excluding steroid dienone is 2. The summed E-state index contributed by atoms with van der Waals surface area (Å²) in [5.41, 5.74) is 0. The van der Waals surface area contributed by atoms with Crippen LogP contribution < -0.4 is 0 Å². The Morgan fingerprint density at radius 2 is 2.23 bits per heavy atom.